The van der Waals surface area contributed by atoms with Gasteiger partial charge in [-0.05, 0) is 12.0 Å². The summed E-state index contributed by atoms with van der Waals surface area (Å²) in [6.45, 7) is 0.530. The minimum absolute atomic E-state index is 0.0903. The van der Waals surface area contributed by atoms with Crippen molar-refractivity contribution in [3.05, 3.63) is 35.4 Å². The van der Waals surface area contributed by atoms with E-state index in [-0.39, 0.29) is 43.6 Å². The molecule has 0 unspecified atom stereocenters. The lowest BCUT2D eigenvalue weighted by Gasteiger charge is -2.06. The summed E-state index contributed by atoms with van der Waals surface area (Å²) < 4.78 is 0. The van der Waals surface area contributed by atoms with E-state index in [1.54, 1.807) is 12.1 Å². The van der Waals surface area contributed by atoms with Crippen LogP contribution in [0.5, 0.6) is 0 Å². The number of azo groups is 1. The Morgan fingerprint density at radius 1 is 1.12 bits per heavy atom. The summed E-state index contributed by atoms with van der Waals surface area (Å²) in [4.78, 5) is 23.0. The molecule has 1 aromatic rings. The van der Waals surface area contributed by atoms with E-state index in [0.717, 1.165) is 5.56 Å². The zero-order valence-corrected chi connectivity index (χ0v) is 13.7. The number of hydrogen-bond acceptors (Lipinski definition) is 5. The molecule has 4 N–H and O–H groups in total. The molecule has 0 heterocycles. The Labute approximate surface area is 140 Å². The van der Waals surface area contributed by atoms with E-state index in [9.17, 15) is 9.59 Å². The number of hydrogen-bond donors (Lipinski definition) is 4. The molecule has 0 aliphatic carbocycles. The van der Waals surface area contributed by atoms with Crippen LogP contribution in [0.1, 0.15) is 30.4 Å². The minimum atomic E-state index is -0.167. The predicted octanol–water partition coefficient (Wildman–Crippen LogP) is 0.989. The maximum Gasteiger partial charge on any atom is 0.220 e. The second-order valence-electron chi connectivity index (χ2n) is 5.05. The molecule has 0 saturated heterocycles. The molecule has 8 nitrogen and oxygen atoms in total. The van der Waals surface area contributed by atoms with E-state index in [1.807, 2.05) is 12.1 Å². The van der Waals surface area contributed by atoms with E-state index in [1.165, 1.54) is 7.05 Å². The quantitative estimate of drug-likeness (QED) is 0.306. The van der Waals surface area contributed by atoms with E-state index in [4.69, 9.17) is 10.5 Å². The number of benzene rings is 1. The molecule has 0 atom stereocenters. The Hall–Kier alpha value is -2.61. The SMILES string of the molecule is CN=NC(=N)c1ccc(CNC(=O)CCCC(=O)NCCO)cc1. The van der Waals surface area contributed by atoms with E-state index in [0.29, 0.717) is 18.5 Å². The molecule has 0 aliphatic rings. The molecule has 1 aromatic carbocycles. The molecule has 0 radical (unpaired) electrons. The molecule has 2 amide bonds. The predicted molar refractivity (Wildman–Crippen MR) is 89.8 cm³/mol. The smallest absolute Gasteiger partial charge is 0.220 e. The van der Waals surface area contributed by atoms with Gasteiger partial charge in [0.05, 0.1) is 6.61 Å². The highest BCUT2D eigenvalue weighted by atomic mass is 16.3. The molecule has 0 fully saturated rings. The lowest BCUT2D eigenvalue weighted by atomic mass is 10.1. The van der Waals surface area contributed by atoms with Crippen molar-refractivity contribution in [1.29, 1.82) is 5.41 Å². The summed E-state index contributed by atoms with van der Waals surface area (Å²) >= 11 is 0. The molecule has 8 heteroatoms. The summed E-state index contributed by atoms with van der Waals surface area (Å²) in [6, 6.07) is 7.14. The number of amidine groups is 1. The van der Waals surface area contributed by atoms with Gasteiger partial charge in [-0.15, -0.1) is 5.11 Å². The lowest BCUT2D eigenvalue weighted by molar-refractivity contribution is -0.122. The van der Waals surface area contributed by atoms with Gasteiger partial charge in [0, 0.05) is 38.5 Å². The maximum absolute atomic E-state index is 11.7. The van der Waals surface area contributed by atoms with Crippen LogP contribution < -0.4 is 10.6 Å². The second kappa shape index (κ2) is 11.0. The number of aliphatic hydroxyl groups excluding tert-OH is 1. The Morgan fingerprint density at radius 2 is 1.75 bits per heavy atom. The van der Waals surface area contributed by atoms with Gasteiger partial charge in [0.1, 0.15) is 0 Å². The normalized spacial score (nSPS) is 10.6. The number of carbonyl (C=O) groups excluding carboxylic acids is 2. The number of carbonyl (C=O) groups is 2. The first-order chi connectivity index (χ1) is 11.6. The number of aliphatic hydroxyl groups is 1. The van der Waals surface area contributed by atoms with Crippen LogP contribution in [0.25, 0.3) is 0 Å². The Balaban J connectivity index is 2.29. The maximum atomic E-state index is 11.7. The Morgan fingerprint density at radius 3 is 2.33 bits per heavy atom. The number of amides is 2. The largest absolute Gasteiger partial charge is 0.395 e. The Kier molecular flexibility index (Phi) is 8.91. The molecular formula is C16H23N5O3. The monoisotopic (exact) mass is 333 g/mol. The van der Waals surface area contributed by atoms with Crippen molar-refractivity contribution in [2.75, 3.05) is 20.2 Å². The van der Waals surface area contributed by atoms with Crippen LogP contribution in [0.2, 0.25) is 0 Å². The molecule has 0 aliphatic heterocycles. The summed E-state index contributed by atoms with van der Waals surface area (Å²) in [5, 5.41) is 28.8. The molecule has 0 saturated carbocycles. The van der Waals surface area contributed by atoms with Crippen molar-refractivity contribution in [2.45, 2.75) is 25.8 Å². The molecule has 0 aromatic heterocycles. The summed E-state index contributed by atoms with van der Waals surface area (Å²) in [5.41, 5.74) is 1.57. The van der Waals surface area contributed by atoms with Crippen molar-refractivity contribution in [3.63, 3.8) is 0 Å². The highest BCUT2D eigenvalue weighted by Crippen LogP contribution is 2.06. The van der Waals surface area contributed by atoms with Gasteiger partial charge >= 0.3 is 0 Å². The zero-order valence-electron chi connectivity index (χ0n) is 13.7. The van der Waals surface area contributed by atoms with E-state index >= 15 is 0 Å². The molecule has 0 bridgehead atoms. The van der Waals surface area contributed by atoms with Crippen molar-refractivity contribution in [2.24, 2.45) is 10.2 Å². The molecule has 130 valence electrons. The standard InChI is InChI=1S/C16H23N5O3/c1-18-21-16(17)13-7-5-12(6-8-13)11-20-15(24)4-2-3-14(23)19-9-10-22/h5-8,17,22H,2-4,9-11H2,1H3,(H,19,23)(H,20,24). The fourth-order valence-corrected chi connectivity index (χ4v) is 1.92. The molecule has 1 rings (SSSR count). The topological polar surface area (TPSA) is 127 Å². The van der Waals surface area contributed by atoms with Crippen molar-refractivity contribution in [1.82, 2.24) is 10.6 Å². The van der Waals surface area contributed by atoms with Crippen LogP contribution in [-0.2, 0) is 16.1 Å². The Bertz CT molecular complexity index is 584. The molecule has 0 spiro atoms. The summed E-state index contributed by atoms with van der Waals surface area (Å²) in [6.07, 6.45) is 0.990. The molecule has 24 heavy (non-hydrogen) atoms. The second-order valence-corrected chi connectivity index (χ2v) is 5.05. The fourth-order valence-electron chi connectivity index (χ4n) is 1.92. The van der Waals surface area contributed by atoms with Gasteiger partial charge in [0.25, 0.3) is 0 Å². The third-order valence-corrected chi connectivity index (χ3v) is 3.16. The number of nitrogens with zero attached hydrogens (tertiary/aromatic N) is 2. The average Bonchev–Trinajstić information content (AvgIpc) is 2.58. The summed E-state index contributed by atoms with van der Waals surface area (Å²) in [5.74, 6) is -0.201. The van der Waals surface area contributed by atoms with Gasteiger partial charge in [0.15, 0.2) is 5.84 Å². The average molecular weight is 333 g/mol. The van der Waals surface area contributed by atoms with Crippen LogP contribution in [0.3, 0.4) is 0 Å². The highest BCUT2D eigenvalue weighted by molar-refractivity contribution is 5.96. The first kappa shape index (κ1) is 19.4. The van der Waals surface area contributed by atoms with Gasteiger partial charge in [0.2, 0.25) is 11.8 Å². The van der Waals surface area contributed by atoms with Crippen LogP contribution in [0.15, 0.2) is 34.5 Å². The third kappa shape index (κ3) is 7.59. The van der Waals surface area contributed by atoms with Crippen LogP contribution >= 0.6 is 0 Å². The van der Waals surface area contributed by atoms with Gasteiger partial charge in [-0.1, -0.05) is 24.3 Å². The number of rotatable bonds is 9. The zero-order chi connectivity index (χ0) is 17.8. The van der Waals surface area contributed by atoms with Gasteiger partial charge in [-0.25, -0.2) is 0 Å². The van der Waals surface area contributed by atoms with Crippen LogP contribution in [-0.4, -0.2) is 43.0 Å². The van der Waals surface area contributed by atoms with Gasteiger partial charge in [-0.2, -0.15) is 5.11 Å². The van der Waals surface area contributed by atoms with Crippen molar-refractivity contribution >= 4 is 17.6 Å². The van der Waals surface area contributed by atoms with Crippen molar-refractivity contribution < 1.29 is 14.7 Å². The fraction of sp³-hybridized carbons (Fsp3) is 0.438. The summed E-state index contributed by atoms with van der Waals surface area (Å²) in [7, 11) is 1.51. The van der Waals surface area contributed by atoms with E-state index < -0.39 is 0 Å². The van der Waals surface area contributed by atoms with Gasteiger partial charge in [-0.3, -0.25) is 15.0 Å². The third-order valence-electron chi connectivity index (χ3n) is 3.16. The highest BCUT2D eigenvalue weighted by Gasteiger charge is 2.05. The lowest BCUT2D eigenvalue weighted by Crippen LogP contribution is -2.27. The molecular weight excluding hydrogens is 310 g/mol. The first-order valence-corrected chi connectivity index (χ1v) is 7.68. The number of nitrogens with one attached hydrogen (secondary N) is 3. The van der Waals surface area contributed by atoms with Gasteiger partial charge < -0.3 is 15.7 Å². The van der Waals surface area contributed by atoms with E-state index in [2.05, 4.69) is 20.9 Å². The van der Waals surface area contributed by atoms with Crippen molar-refractivity contribution in [3.8, 4) is 0 Å². The first-order valence-electron chi connectivity index (χ1n) is 7.68. The van der Waals surface area contributed by atoms with Crippen LogP contribution in [0, 0.1) is 5.41 Å². The van der Waals surface area contributed by atoms with Crippen LogP contribution in [0.4, 0.5) is 0 Å². The minimum Gasteiger partial charge on any atom is -0.395 e.